The van der Waals surface area contributed by atoms with E-state index in [-0.39, 0.29) is 28.6 Å². The molecule has 1 saturated heterocycles. The molecule has 0 spiro atoms. The number of allylic oxidation sites excluding steroid dienone is 1. The van der Waals surface area contributed by atoms with Gasteiger partial charge in [0, 0.05) is 67.5 Å². The van der Waals surface area contributed by atoms with E-state index in [0.29, 0.717) is 62.9 Å². The fourth-order valence-corrected chi connectivity index (χ4v) is 9.75. The van der Waals surface area contributed by atoms with Gasteiger partial charge in [0.2, 0.25) is 5.43 Å². The number of ketones is 1. The number of carbonyl (C=O) groups excluding carboxylic acids is 1. The second kappa shape index (κ2) is 11.8. The average molecular weight is 656 g/mol. The summed E-state index contributed by atoms with van der Waals surface area (Å²) >= 11 is 0. The molecule has 1 aromatic carbocycles. The Hall–Kier alpha value is -3.15. The molecule has 256 valence electrons. The first-order valence-electron chi connectivity index (χ1n) is 17.0. The van der Waals surface area contributed by atoms with Crippen molar-refractivity contribution < 1.29 is 33.7 Å². The average Bonchev–Trinajstić information content (AvgIpc) is 3.26. The predicted molar refractivity (Wildman–Crippen MR) is 175 cm³/mol. The van der Waals surface area contributed by atoms with Crippen LogP contribution in [0.4, 0.5) is 14.5 Å². The van der Waals surface area contributed by atoms with Crippen molar-refractivity contribution in [3.05, 3.63) is 51.6 Å². The maximum atomic E-state index is 16.6. The molecular formula is C36H47F2N3O6. The predicted octanol–water partition coefficient (Wildman–Crippen LogP) is 4.60. The first-order chi connectivity index (χ1) is 22.1. The molecule has 47 heavy (non-hydrogen) atoms. The molecule has 2 heterocycles. The van der Waals surface area contributed by atoms with Gasteiger partial charge >= 0.3 is 5.97 Å². The Kier molecular flexibility index (Phi) is 8.45. The zero-order chi connectivity index (χ0) is 34.1. The Morgan fingerprint density at radius 1 is 1.06 bits per heavy atom. The van der Waals surface area contributed by atoms with Crippen molar-refractivity contribution in [1.29, 1.82) is 0 Å². The highest BCUT2D eigenvalue weighted by molar-refractivity contribution is 5.93. The monoisotopic (exact) mass is 655 g/mol. The second-order valence-corrected chi connectivity index (χ2v) is 15.0. The number of hydrogen-bond donors (Lipinski definition) is 4. The summed E-state index contributed by atoms with van der Waals surface area (Å²) in [5, 5.41) is 34.3. The first kappa shape index (κ1) is 33.7. The number of aryl methyl sites for hydroxylation is 1. The fraction of sp³-hybridized carbons (Fsp3) is 0.639. The molecule has 5 aliphatic rings. The van der Waals surface area contributed by atoms with E-state index in [1.165, 1.54) is 6.20 Å². The number of fused-ring (bicyclic) bond motifs is 6. The highest BCUT2D eigenvalue weighted by Gasteiger charge is 2.72. The van der Waals surface area contributed by atoms with Gasteiger partial charge in [0.15, 0.2) is 5.78 Å². The molecule has 0 amide bonds. The fourth-order valence-electron chi connectivity index (χ4n) is 9.75. The molecule has 4 fully saturated rings. The van der Waals surface area contributed by atoms with Gasteiger partial charge in [-0.2, -0.15) is 0 Å². The van der Waals surface area contributed by atoms with Gasteiger partial charge in [-0.15, -0.1) is 0 Å². The van der Waals surface area contributed by atoms with E-state index in [4.69, 9.17) is 5.11 Å². The number of aliphatic hydroxyl groups excluding tert-OH is 1. The SMILES string of the molecule is CCn1cc(C(=O)O)c(=O)c2cc(F)c(N3CCNCC3)cc21.C[C@]1(O)CC[C@H]2[C@@H]3CCC4=CC(=O)CC[C@]4(C)[C@@]3(F)[C@@H](O)C[C@@]21C. The number of nitrogens with one attached hydrogen (secondary N) is 1. The molecule has 3 saturated carbocycles. The van der Waals surface area contributed by atoms with Crippen LogP contribution in [0.2, 0.25) is 0 Å². The van der Waals surface area contributed by atoms with Gasteiger partial charge in [0.1, 0.15) is 17.0 Å². The Balaban J connectivity index is 0.000000165. The van der Waals surface area contributed by atoms with E-state index in [0.717, 1.165) is 37.6 Å². The number of pyridine rings is 1. The summed E-state index contributed by atoms with van der Waals surface area (Å²) in [6, 6.07) is 2.81. The van der Waals surface area contributed by atoms with Gasteiger partial charge < -0.3 is 30.1 Å². The van der Waals surface area contributed by atoms with Crippen molar-refractivity contribution in [2.24, 2.45) is 22.7 Å². The number of aromatic nitrogens is 1. The number of piperazine rings is 1. The third-order valence-electron chi connectivity index (χ3n) is 12.8. The van der Waals surface area contributed by atoms with Crippen LogP contribution in [0.1, 0.15) is 83.0 Å². The number of alkyl halides is 1. The quantitative estimate of drug-likeness (QED) is 0.378. The Bertz CT molecular complexity index is 1700. The van der Waals surface area contributed by atoms with Crippen LogP contribution in [0, 0.1) is 28.5 Å². The molecule has 1 aromatic heterocycles. The lowest BCUT2D eigenvalue weighted by Gasteiger charge is -2.63. The molecule has 0 radical (unpaired) electrons. The third kappa shape index (κ3) is 5.06. The van der Waals surface area contributed by atoms with Gasteiger partial charge in [0.05, 0.1) is 22.9 Å². The smallest absolute Gasteiger partial charge is 0.341 e. The van der Waals surface area contributed by atoms with Crippen LogP contribution in [0.3, 0.4) is 0 Å². The lowest BCUT2D eigenvalue weighted by molar-refractivity contribution is -0.225. The number of halogens is 2. The number of nitrogens with zero attached hydrogens (tertiary/aromatic N) is 2. The molecule has 0 unspecified atom stereocenters. The Morgan fingerprint density at radius 3 is 2.43 bits per heavy atom. The van der Waals surface area contributed by atoms with Crippen LogP contribution >= 0.6 is 0 Å². The number of carbonyl (C=O) groups is 2. The van der Waals surface area contributed by atoms with E-state index in [9.17, 15) is 29.0 Å². The minimum absolute atomic E-state index is 0.0865. The number of benzene rings is 1. The third-order valence-corrected chi connectivity index (χ3v) is 12.8. The summed E-state index contributed by atoms with van der Waals surface area (Å²) in [6.07, 6.45) is 5.93. The van der Waals surface area contributed by atoms with Crippen molar-refractivity contribution in [1.82, 2.24) is 9.88 Å². The summed E-state index contributed by atoms with van der Waals surface area (Å²) in [5.41, 5.74) is -2.82. The molecule has 2 aromatic rings. The van der Waals surface area contributed by atoms with Crippen LogP contribution in [-0.4, -0.2) is 75.2 Å². The van der Waals surface area contributed by atoms with E-state index < -0.39 is 45.4 Å². The Labute approximate surface area is 273 Å². The maximum absolute atomic E-state index is 16.6. The van der Waals surface area contributed by atoms with Gasteiger partial charge in [-0.25, -0.2) is 13.6 Å². The number of hydrogen-bond acceptors (Lipinski definition) is 7. The van der Waals surface area contributed by atoms with Crippen molar-refractivity contribution in [2.75, 3.05) is 31.1 Å². The number of carboxylic acid groups (broad SMARTS) is 1. The number of carboxylic acids is 1. The number of rotatable bonds is 3. The van der Waals surface area contributed by atoms with E-state index in [2.05, 4.69) is 5.32 Å². The van der Waals surface area contributed by atoms with Crippen molar-refractivity contribution in [2.45, 2.75) is 96.6 Å². The molecule has 11 heteroatoms. The standard InChI is InChI=1S/C20H29FO3.C16H18FN3O3/c1-17-8-6-13(22)10-12(17)4-5-15-14-7-9-19(3,24)18(14,2)11-16(23)20(15,17)21;1-2-19-9-11(16(22)23)15(21)10-7-12(17)14(8-13(10)19)20-5-3-18-4-6-20/h10,14-16,23-24H,4-9,11H2,1-3H3;7-9,18H,2-6H2,1H3,(H,22,23)/t14-,15-,16-,17-,18-,19-,20-;/m0./s1. The van der Waals surface area contributed by atoms with Crippen LogP contribution in [0.5, 0.6) is 0 Å². The summed E-state index contributed by atoms with van der Waals surface area (Å²) in [4.78, 5) is 37.3. The molecular weight excluding hydrogens is 608 g/mol. The molecule has 0 bridgehead atoms. The normalized spacial score (nSPS) is 36.5. The summed E-state index contributed by atoms with van der Waals surface area (Å²) in [5.74, 6) is -1.86. The zero-order valence-corrected chi connectivity index (χ0v) is 27.7. The molecule has 1 aliphatic heterocycles. The minimum atomic E-state index is -1.69. The van der Waals surface area contributed by atoms with Crippen LogP contribution in [0.15, 0.2) is 34.8 Å². The summed E-state index contributed by atoms with van der Waals surface area (Å²) in [6.45, 7) is 11.1. The van der Waals surface area contributed by atoms with Crippen molar-refractivity contribution in [3.8, 4) is 0 Å². The highest BCUT2D eigenvalue weighted by atomic mass is 19.1. The molecule has 7 rings (SSSR count). The van der Waals surface area contributed by atoms with Gasteiger partial charge in [-0.3, -0.25) is 9.59 Å². The van der Waals surface area contributed by atoms with Gasteiger partial charge in [0.25, 0.3) is 0 Å². The van der Waals surface area contributed by atoms with Gasteiger partial charge in [-0.05, 0) is 76.5 Å². The summed E-state index contributed by atoms with van der Waals surface area (Å²) < 4.78 is 32.8. The number of aliphatic hydroxyl groups is 2. The zero-order valence-electron chi connectivity index (χ0n) is 27.7. The van der Waals surface area contributed by atoms with Crippen LogP contribution in [-0.2, 0) is 11.3 Å². The summed E-state index contributed by atoms with van der Waals surface area (Å²) in [7, 11) is 0. The van der Waals surface area contributed by atoms with E-state index >= 15 is 4.39 Å². The largest absolute Gasteiger partial charge is 0.477 e. The maximum Gasteiger partial charge on any atom is 0.341 e. The molecule has 9 nitrogen and oxygen atoms in total. The molecule has 7 atom stereocenters. The van der Waals surface area contributed by atoms with Gasteiger partial charge in [-0.1, -0.05) is 19.4 Å². The number of aromatic carboxylic acids is 1. The van der Waals surface area contributed by atoms with E-state index in [1.807, 2.05) is 32.6 Å². The molecule has 4 N–H and O–H groups in total. The lowest BCUT2D eigenvalue weighted by atomic mass is 9.44. The highest BCUT2D eigenvalue weighted by Crippen LogP contribution is 2.70. The van der Waals surface area contributed by atoms with E-state index in [1.54, 1.807) is 16.7 Å². The topological polar surface area (TPSA) is 132 Å². The Morgan fingerprint density at radius 2 is 1.77 bits per heavy atom. The van der Waals surface area contributed by atoms with Crippen molar-refractivity contribution >= 4 is 28.3 Å². The van der Waals surface area contributed by atoms with Crippen LogP contribution in [0.25, 0.3) is 10.9 Å². The first-order valence-corrected chi connectivity index (χ1v) is 17.0. The van der Waals surface area contributed by atoms with Crippen LogP contribution < -0.4 is 15.6 Å². The second-order valence-electron chi connectivity index (χ2n) is 15.0. The minimum Gasteiger partial charge on any atom is -0.477 e. The van der Waals surface area contributed by atoms with Crippen molar-refractivity contribution in [3.63, 3.8) is 0 Å². The number of anilines is 1. The molecule has 4 aliphatic carbocycles. The lowest BCUT2D eigenvalue weighted by Crippen LogP contribution is -2.68.